The summed E-state index contributed by atoms with van der Waals surface area (Å²) < 4.78 is 11.2. The van der Waals surface area contributed by atoms with Gasteiger partial charge >= 0.3 is 0 Å². The molecule has 140 valence electrons. The van der Waals surface area contributed by atoms with Crippen LogP contribution in [0.3, 0.4) is 0 Å². The Kier molecular flexibility index (Phi) is 7.63. The van der Waals surface area contributed by atoms with Crippen molar-refractivity contribution in [1.82, 2.24) is 4.98 Å². The topological polar surface area (TPSA) is 39.2 Å². The fourth-order valence-corrected chi connectivity index (χ4v) is 2.46. The fraction of sp³-hybridized carbons (Fsp3) is 0.348. The van der Waals surface area contributed by atoms with Gasteiger partial charge in [0.15, 0.2) is 5.58 Å². The molecule has 0 saturated carbocycles. The lowest BCUT2D eigenvalue weighted by Gasteiger charge is -1.95. The number of nitrogens with zero attached hydrogens (tertiary/aromatic N) is 1. The van der Waals surface area contributed by atoms with Crippen molar-refractivity contribution >= 4 is 22.1 Å². The Bertz CT molecular complexity index is 787. The summed E-state index contributed by atoms with van der Waals surface area (Å²) in [7, 11) is 0. The minimum atomic E-state index is 0. The molecule has 4 aromatic rings. The van der Waals surface area contributed by atoms with E-state index >= 15 is 0 Å². The highest BCUT2D eigenvalue weighted by Gasteiger charge is 2.06. The third-order valence-corrected chi connectivity index (χ3v) is 3.89. The van der Waals surface area contributed by atoms with E-state index in [1.807, 2.05) is 36.4 Å². The van der Waals surface area contributed by atoms with Crippen molar-refractivity contribution in [2.45, 2.75) is 54.4 Å². The molecule has 0 atom stereocenters. The summed E-state index contributed by atoms with van der Waals surface area (Å²) in [6.07, 6.45) is 1.78. The summed E-state index contributed by atoms with van der Waals surface area (Å²) in [6.45, 7) is 8.49. The van der Waals surface area contributed by atoms with Crippen LogP contribution in [0.5, 0.6) is 0 Å². The summed E-state index contributed by atoms with van der Waals surface area (Å²) in [5.74, 6) is 2.97. The van der Waals surface area contributed by atoms with Crippen LogP contribution in [0.2, 0.25) is 0 Å². The third kappa shape index (κ3) is 4.75. The SMILES string of the molecule is C.C.CC(C)c1cc2ccccc2o1.CC(C)c1cc2ncccc2o1. The summed E-state index contributed by atoms with van der Waals surface area (Å²) in [5, 5.41) is 1.20. The van der Waals surface area contributed by atoms with Gasteiger partial charge in [-0.1, -0.05) is 60.7 Å². The maximum Gasteiger partial charge on any atom is 0.152 e. The number of hydrogen-bond acceptors (Lipinski definition) is 3. The third-order valence-electron chi connectivity index (χ3n) is 3.89. The largest absolute Gasteiger partial charge is 0.461 e. The highest BCUT2D eigenvalue weighted by atomic mass is 16.3. The van der Waals surface area contributed by atoms with Gasteiger partial charge in [0.1, 0.15) is 22.6 Å². The van der Waals surface area contributed by atoms with Crippen molar-refractivity contribution in [3.63, 3.8) is 0 Å². The first-order valence-corrected chi connectivity index (χ1v) is 8.37. The first-order chi connectivity index (χ1) is 11.5. The number of aromatic nitrogens is 1. The van der Waals surface area contributed by atoms with Gasteiger partial charge in [-0.25, -0.2) is 0 Å². The molecule has 0 aliphatic heterocycles. The number of hydrogen-bond donors (Lipinski definition) is 0. The minimum absolute atomic E-state index is 0. The van der Waals surface area contributed by atoms with E-state index in [0.29, 0.717) is 11.8 Å². The standard InChI is InChI=1S/C11H12O.C10H11NO.2CH4/c1-8(2)11-7-9-5-3-4-6-10(9)12-11;1-7(2)10-6-8-9(12-10)4-3-5-11-8;;/h3-8H,1-2H3;3-7H,1-2H3;2*1H4. The second kappa shape index (κ2) is 9.23. The number of benzene rings is 1. The van der Waals surface area contributed by atoms with Gasteiger partial charge in [0.2, 0.25) is 0 Å². The first kappa shape index (κ1) is 21.5. The van der Waals surface area contributed by atoms with Crippen LogP contribution in [-0.4, -0.2) is 4.98 Å². The molecule has 26 heavy (non-hydrogen) atoms. The highest BCUT2D eigenvalue weighted by Crippen LogP contribution is 2.24. The molecule has 0 N–H and O–H groups in total. The van der Waals surface area contributed by atoms with Gasteiger partial charge in [0.25, 0.3) is 0 Å². The molecule has 3 nitrogen and oxygen atoms in total. The Hall–Kier alpha value is -2.55. The number of fused-ring (bicyclic) bond motifs is 2. The molecule has 0 fully saturated rings. The van der Waals surface area contributed by atoms with E-state index in [4.69, 9.17) is 8.83 Å². The van der Waals surface area contributed by atoms with E-state index < -0.39 is 0 Å². The van der Waals surface area contributed by atoms with Crippen molar-refractivity contribution in [1.29, 1.82) is 0 Å². The average Bonchev–Trinajstić information content (AvgIpc) is 3.19. The van der Waals surface area contributed by atoms with Crippen molar-refractivity contribution in [2.24, 2.45) is 0 Å². The zero-order valence-electron chi connectivity index (χ0n) is 14.6. The van der Waals surface area contributed by atoms with E-state index in [1.165, 1.54) is 5.39 Å². The molecule has 0 aliphatic rings. The van der Waals surface area contributed by atoms with Crippen LogP contribution >= 0.6 is 0 Å². The zero-order chi connectivity index (χ0) is 17.1. The van der Waals surface area contributed by atoms with Crippen LogP contribution in [0, 0.1) is 0 Å². The quantitative estimate of drug-likeness (QED) is 0.369. The molecule has 1 aromatic carbocycles. The van der Waals surface area contributed by atoms with Crippen molar-refractivity contribution in [2.75, 3.05) is 0 Å². The van der Waals surface area contributed by atoms with Gasteiger partial charge in [-0.15, -0.1) is 0 Å². The Morgan fingerprint density at radius 1 is 0.731 bits per heavy atom. The number of pyridine rings is 1. The van der Waals surface area contributed by atoms with Gasteiger partial charge in [-0.05, 0) is 24.3 Å². The van der Waals surface area contributed by atoms with Gasteiger partial charge in [-0.3, -0.25) is 4.98 Å². The smallest absolute Gasteiger partial charge is 0.152 e. The number of para-hydroxylation sites is 1. The van der Waals surface area contributed by atoms with Gasteiger partial charge in [-0.2, -0.15) is 0 Å². The molecule has 0 radical (unpaired) electrons. The van der Waals surface area contributed by atoms with Gasteiger partial charge in [0.05, 0.1) is 0 Å². The van der Waals surface area contributed by atoms with Crippen LogP contribution in [0.15, 0.2) is 63.6 Å². The van der Waals surface area contributed by atoms with Crippen LogP contribution in [-0.2, 0) is 0 Å². The normalized spacial score (nSPS) is 10.4. The molecule has 0 saturated heterocycles. The molecule has 4 rings (SSSR count). The predicted molar refractivity (Wildman–Crippen MR) is 112 cm³/mol. The Morgan fingerprint density at radius 2 is 1.31 bits per heavy atom. The molecule has 0 aliphatic carbocycles. The van der Waals surface area contributed by atoms with E-state index in [0.717, 1.165) is 28.2 Å². The zero-order valence-corrected chi connectivity index (χ0v) is 14.6. The van der Waals surface area contributed by atoms with E-state index in [-0.39, 0.29) is 14.9 Å². The van der Waals surface area contributed by atoms with Crippen molar-refractivity contribution in [3.8, 4) is 0 Å². The van der Waals surface area contributed by atoms with Crippen LogP contribution < -0.4 is 0 Å². The van der Waals surface area contributed by atoms with Crippen molar-refractivity contribution < 1.29 is 8.83 Å². The maximum atomic E-state index is 5.63. The van der Waals surface area contributed by atoms with Crippen LogP contribution in [0.25, 0.3) is 22.1 Å². The van der Waals surface area contributed by atoms with Gasteiger partial charge < -0.3 is 8.83 Å². The average molecular weight is 354 g/mol. The molecular formula is C23H31NO2. The Labute approximate surface area is 157 Å². The monoisotopic (exact) mass is 353 g/mol. The number of rotatable bonds is 2. The molecule has 0 unspecified atom stereocenters. The lowest BCUT2D eigenvalue weighted by atomic mass is 10.1. The van der Waals surface area contributed by atoms with Crippen LogP contribution in [0.4, 0.5) is 0 Å². The molecule has 0 bridgehead atoms. The number of furan rings is 2. The summed E-state index contributed by atoms with van der Waals surface area (Å²) in [5.41, 5.74) is 2.81. The summed E-state index contributed by atoms with van der Waals surface area (Å²) in [6, 6.07) is 16.0. The second-order valence-corrected chi connectivity index (χ2v) is 6.53. The lowest BCUT2D eigenvalue weighted by Crippen LogP contribution is -1.79. The lowest BCUT2D eigenvalue weighted by molar-refractivity contribution is 0.521. The minimum Gasteiger partial charge on any atom is -0.461 e. The summed E-state index contributed by atoms with van der Waals surface area (Å²) in [4.78, 5) is 4.19. The molecule has 0 spiro atoms. The first-order valence-electron chi connectivity index (χ1n) is 8.37. The van der Waals surface area contributed by atoms with Crippen LogP contribution in [0.1, 0.15) is 65.9 Å². The molecule has 3 aromatic heterocycles. The molecule has 3 heterocycles. The Balaban J connectivity index is 0.000000241. The fourth-order valence-electron chi connectivity index (χ4n) is 2.46. The predicted octanol–water partition coefficient (Wildman–Crippen LogP) is 7.78. The Morgan fingerprint density at radius 3 is 1.92 bits per heavy atom. The van der Waals surface area contributed by atoms with E-state index in [1.54, 1.807) is 6.20 Å². The van der Waals surface area contributed by atoms with E-state index in [2.05, 4.69) is 44.8 Å². The maximum absolute atomic E-state index is 5.63. The highest BCUT2D eigenvalue weighted by molar-refractivity contribution is 5.77. The molecular weight excluding hydrogens is 322 g/mol. The second-order valence-electron chi connectivity index (χ2n) is 6.53. The molecule has 0 amide bonds. The molecule has 3 heteroatoms. The van der Waals surface area contributed by atoms with E-state index in [9.17, 15) is 0 Å². The van der Waals surface area contributed by atoms with Gasteiger partial charge in [0, 0.05) is 29.5 Å². The summed E-state index contributed by atoms with van der Waals surface area (Å²) >= 11 is 0. The van der Waals surface area contributed by atoms with Crippen molar-refractivity contribution in [3.05, 3.63) is 66.2 Å².